The summed E-state index contributed by atoms with van der Waals surface area (Å²) in [5.74, 6) is -0.639. The second kappa shape index (κ2) is 6.22. The Morgan fingerprint density at radius 3 is 2.24 bits per heavy atom. The zero-order chi connectivity index (χ0) is 15.6. The molecule has 0 radical (unpaired) electrons. The van der Waals surface area contributed by atoms with Gasteiger partial charge in [-0.2, -0.15) is 0 Å². The van der Waals surface area contributed by atoms with Crippen LogP contribution in [-0.2, 0) is 0 Å². The largest absolute Gasteiger partial charge is 0.365 e. The maximum atomic E-state index is 14.2. The molecule has 2 atom stereocenters. The van der Waals surface area contributed by atoms with Crippen molar-refractivity contribution < 1.29 is 8.78 Å². The van der Waals surface area contributed by atoms with Gasteiger partial charge in [-0.3, -0.25) is 0 Å². The van der Waals surface area contributed by atoms with Crippen molar-refractivity contribution in [2.45, 2.75) is 25.9 Å². The Kier molecular flexibility index (Phi) is 4.58. The van der Waals surface area contributed by atoms with Gasteiger partial charge in [-0.15, -0.1) is 0 Å². The maximum Gasteiger partial charge on any atom is 0.146 e. The van der Waals surface area contributed by atoms with Crippen LogP contribution in [0.4, 0.5) is 14.5 Å². The SMILES string of the molecule is CC(c1ccccc1F)N(C)c1ccc([C@@H](C)N)cc1F. The molecule has 0 aliphatic carbocycles. The van der Waals surface area contributed by atoms with Gasteiger partial charge in [0, 0.05) is 18.7 Å². The summed E-state index contributed by atoms with van der Waals surface area (Å²) in [6.45, 7) is 3.65. The first-order valence-corrected chi connectivity index (χ1v) is 6.94. The highest BCUT2D eigenvalue weighted by Crippen LogP contribution is 2.30. The molecule has 0 saturated heterocycles. The van der Waals surface area contributed by atoms with Crippen molar-refractivity contribution in [3.63, 3.8) is 0 Å². The molecule has 0 aliphatic heterocycles. The standard InChI is InChI=1S/C17H20F2N2/c1-11(20)13-8-9-17(16(19)10-13)21(3)12(2)14-6-4-5-7-15(14)18/h4-12H,20H2,1-3H3/t11-,12?/m1/s1. The smallest absolute Gasteiger partial charge is 0.146 e. The third-order valence-electron chi connectivity index (χ3n) is 3.81. The fourth-order valence-electron chi connectivity index (χ4n) is 2.32. The minimum absolute atomic E-state index is 0.220. The number of anilines is 1. The molecule has 112 valence electrons. The van der Waals surface area contributed by atoms with Crippen molar-refractivity contribution in [3.8, 4) is 0 Å². The van der Waals surface area contributed by atoms with Gasteiger partial charge in [0.15, 0.2) is 0 Å². The van der Waals surface area contributed by atoms with Crippen molar-refractivity contribution in [1.29, 1.82) is 0 Å². The molecule has 0 heterocycles. The number of nitrogens with zero attached hydrogens (tertiary/aromatic N) is 1. The van der Waals surface area contributed by atoms with Gasteiger partial charge in [-0.1, -0.05) is 24.3 Å². The lowest BCUT2D eigenvalue weighted by atomic mass is 10.0. The molecule has 0 aromatic heterocycles. The van der Waals surface area contributed by atoms with Crippen molar-refractivity contribution in [2.24, 2.45) is 5.73 Å². The van der Waals surface area contributed by atoms with Gasteiger partial charge in [-0.25, -0.2) is 8.78 Å². The summed E-state index contributed by atoms with van der Waals surface area (Å²) in [6, 6.07) is 11.0. The molecule has 0 bridgehead atoms. The van der Waals surface area contributed by atoms with Crippen LogP contribution in [0.1, 0.15) is 37.1 Å². The fourth-order valence-corrected chi connectivity index (χ4v) is 2.32. The number of hydrogen-bond acceptors (Lipinski definition) is 2. The Hall–Kier alpha value is -1.94. The van der Waals surface area contributed by atoms with Crippen molar-refractivity contribution >= 4 is 5.69 Å². The van der Waals surface area contributed by atoms with Crippen LogP contribution in [0.15, 0.2) is 42.5 Å². The van der Waals surface area contributed by atoms with Crippen molar-refractivity contribution in [1.82, 2.24) is 0 Å². The average molecular weight is 290 g/mol. The molecule has 2 nitrogen and oxygen atoms in total. The molecule has 2 aromatic carbocycles. The Bertz CT molecular complexity index is 626. The van der Waals surface area contributed by atoms with E-state index < -0.39 is 0 Å². The van der Waals surface area contributed by atoms with E-state index in [-0.39, 0.29) is 23.7 Å². The van der Waals surface area contributed by atoms with E-state index in [2.05, 4.69) is 0 Å². The van der Waals surface area contributed by atoms with E-state index in [1.54, 1.807) is 49.2 Å². The molecular weight excluding hydrogens is 270 g/mol. The normalized spacial score (nSPS) is 13.8. The van der Waals surface area contributed by atoms with Gasteiger partial charge in [0.25, 0.3) is 0 Å². The highest BCUT2D eigenvalue weighted by molar-refractivity contribution is 5.51. The summed E-state index contributed by atoms with van der Waals surface area (Å²) in [5, 5.41) is 0. The quantitative estimate of drug-likeness (QED) is 0.915. The minimum Gasteiger partial charge on any atom is -0.365 e. The lowest BCUT2D eigenvalue weighted by Gasteiger charge is -2.28. The number of hydrogen-bond donors (Lipinski definition) is 1. The molecule has 0 aliphatic rings. The van der Waals surface area contributed by atoms with Crippen LogP contribution in [0, 0.1) is 11.6 Å². The second-order valence-corrected chi connectivity index (χ2v) is 5.31. The van der Waals surface area contributed by atoms with E-state index in [0.717, 1.165) is 5.56 Å². The topological polar surface area (TPSA) is 29.3 Å². The summed E-state index contributed by atoms with van der Waals surface area (Å²) in [4.78, 5) is 1.72. The highest BCUT2D eigenvalue weighted by Gasteiger charge is 2.18. The fraction of sp³-hybridized carbons (Fsp3) is 0.294. The Labute approximate surface area is 124 Å². The Balaban J connectivity index is 2.32. The Morgan fingerprint density at radius 1 is 1.00 bits per heavy atom. The van der Waals surface area contributed by atoms with E-state index in [0.29, 0.717) is 11.3 Å². The number of nitrogens with two attached hydrogens (primary N) is 1. The molecule has 0 amide bonds. The van der Waals surface area contributed by atoms with E-state index in [1.807, 2.05) is 6.92 Å². The molecule has 0 spiro atoms. The molecular formula is C17H20F2N2. The minimum atomic E-state index is -0.351. The first-order valence-electron chi connectivity index (χ1n) is 6.94. The van der Waals surface area contributed by atoms with Crippen LogP contribution in [0.2, 0.25) is 0 Å². The summed E-state index contributed by atoms with van der Waals surface area (Å²) in [7, 11) is 1.75. The lowest BCUT2D eigenvalue weighted by molar-refractivity contribution is 0.574. The van der Waals surface area contributed by atoms with Crippen molar-refractivity contribution in [3.05, 3.63) is 65.2 Å². The molecule has 21 heavy (non-hydrogen) atoms. The van der Waals surface area contributed by atoms with Crippen LogP contribution in [0.5, 0.6) is 0 Å². The number of halogens is 2. The van der Waals surface area contributed by atoms with Crippen LogP contribution in [0.25, 0.3) is 0 Å². The zero-order valence-electron chi connectivity index (χ0n) is 12.5. The van der Waals surface area contributed by atoms with E-state index in [9.17, 15) is 8.78 Å². The van der Waals surface area contributed by atoms with Gasteiger partial charge in [-0.05, 0) is 37.6 Å². The zero-order valence-corrected chi connectivity index (χ0v) is 12.5. The predicted molar refractivity (Wildman–Crippen MR) is 82.2 cm³/mol. The lowest BCUT2D eigenvalue weighted by Crippen LogP contribution is -2.23. The van der Waals surface area contributed by atoms with Gasteiger partial charge >= 0.3 is 0 Å². The summed E-state index contributed by atoms with van der Waals surface area (Å²) < 4.78 is 28.1. The monoisotopic (exact) mass is 290 g/mol. The van der Waals surface area contributed by atoms with E-state index in [4.69, 9.17) is 5.73 Å². The molecule has 1 unspecified atom stereocenters. The number of rotatable bonds is 4. The van der Waals surface area contributed by atoms with Crippen LogP contribution >= 0.6 is 0 Å². The van der Waals surface area contributed by atoms with E-state index >= 15 is 0 Å². The third-order valence-corrected chi connectivity index (χ3v) is 3.81. The summed E-state index contributed by atoms with van der Waals surface area (Å²) in [5.41, 5.74) is 7.45. The van der Waals surface area contributed by atoms with E-state index in [1.165, 1.54) is 12.1 Å². The predicted octanol–water partition coefficient (Wildman–Crippen LogP) is 4.18. The highest BCUT2D eigenvalue weighted by atomic mass is 19.1. The molecule has 0 saturated carbocycles. The van der Waals surface area contributed by atoms with Crippen LogP contribution in [-0.4, -0.2) is 7.05 Å². The van der Waals surface area contributed by atoms with Crippen molar-refractivity contribution in [2.75, 3.05) is 11.9 Å². The van der Waals surface area contributed by atoms with Crippen LogP contribution < -0.4 is 10.6 Å². The molecule has 4 heteroatoms. The van der Waals surface area contributed by atoms with Crippen LogP contribution in [0.3, 0.4) is 0 Å². The molecule has 2 N–H and O–H groups in total. The Morgan fingerprint density at radius 2 is 1.67 bits per heavy atom. The van der Waals surface area contributed by atoms with Gasteiger partial charge in [0.1, 0.15) is 11.6 Å². The summed E-state index contributed by atoms with van der Waals surface area (Å²) in [6.07, 6.45) is 0. The number of benzene rings is 2. The second-order valence-electron chi connectivity index (χ2n) is 5.31. The van der Waals surface area contributed by atoms with Gasteiger partial charge in [0.2, 0.25) is 0 Å². The molecule has 2 aromatic rings. The first kappa shape index (κ1) is 15.4. The average Bonchev–Trinajstić information content (AvgIpc) is 2.46. The van der Waals surface area contributed by atoms with Gasteiger partial charge < -0.3 is 10.6 Å². The third kappa shape index (κ3) is 3.22. The van der Waals surface area contributed by atoms with Gasteiger partial charge in [0.05, 0.1) is 11.7 Å². The maximum absolute atomic E-state index is 14.2. The molecule has 2 rings (SSSR count). The summed E-state index contributed by atoms with van der Waals surface area (Å²) >= 11 is 0. The molecule has 0 fully saturated rings. The first-order chi connectivity index (χ1) is 9.91.